The van der Waals surface area contributed by atoms with Crippen molar-refractivity contribution in [3.63, 3.8) is 0 Å². The minimum Gasteiger partial charge on any atom is -0.493 e. The van der Waals surface area contributed by atoms with Crippen molar-refractivity contribution in [2.24, 2.45) is 0 Å². The molecular formula is C18H24N2O4. The zero-order valence-electron chi connectivity index (χ0n) is 14.2. The molecule has 0 atom stereocenters. The molecule has 6 heteroatoms. The van der Waals surface area contributed by atoms with Gasteiger partial charge in [0.15, 0.2) is 11.5 Å². The third kappa shape index (κ3) is 5.01. The molecule has 6 nitrogen and oxygen atoms in total. The summed E-state index contributed by atoms with van der Waals surface area (Å²) >= 11 is 0. The van der Waals surface area contributed by atoms with Crippen molar-refractivity contribution in [3.05, 3.63) is 29.8 Å². The lowest BCUT2D eigenvalue weighted by Crippen LogP contribution is -2.36. The van der Waals surface area contributed by atoms with Crippen molar-refractivity contribution < 1.29 is 19.1 Å². The maximum atomic E-state index is 11.9. The van der Waals surface area contributed by atoms with Crippen LogP contribution in [0.15, 0.2) is 29.8 Å². The molecule has 0 bridgehead atoms. The molecule has 0 heterocycles. The van der Waals surface area contributed by atoms with Gasteiger partial charge in [0.2, 0.25) is 0 Å². The number of rotatable bonds is 6. The highest BCUT2D eigenvalue weighted by Gasteiger charge is 2.15. The predicted octanol–water partition coefficient (Wildman–Crippen LogP) is 2.65. The van der Waals surface area contributed by atoms with Gasteiger partial charge in [0.25, 0.3) is 0 Å². The molecule has 0 saturated carbocycles. The number of amides is 2. The standard InChI is InChI=1S/C18H24N2O4/c1-23-15-9-8-14(12-16(15)24-2)20-18(22)17(21)19-11-10-13-6-4-3-5-7-13/h6,8-9,12H,3-5,7,10-11H2,1-2H3,(H,19,21)(H,20,22). The van der Waals surface area contributed by atoms with Crippen molar-refractivity contribution >= 4 is 17.5 Å². The van der Waals surface area contributed by atoms with Crippen LogP contribution in [0.3, 0.4) is 0 Å². The molecule has 2 N–H and O–H groups in total. The van der Waals surface area contributed by atoms with Gasteiger partial charge in [-0.2, -0.15) is 0 Å². The highest BCUT2D eigenvalue weighted by molar-refractivity contribution is 6.39. The van der Waals surface area contributed by atoms with Crippen molar-refractivity contribution in [1.29, 1.82) is 0 Å². The normalized spacial score (nSPS) is 13.7. The first-order valence-corrected chi connectivity index (χ1v) is 8.13. The van der Waals surface area contributed by atoms with Crippen LogP contribution < -0.4 is 20.1 Å². The molecular weight excluding hydrogens is 308 g/mol. The molecule has 1 aliphatic rings. The number of carbonyl (C=O) groups is 2. The maximum absolute atomic E-state index is 11.9. The van der Waals surface area contributed by atoms with Crippen LogP contribution in [0, 0.1) is 0 Å². The number of benzene rings is 1. The number of hydrogen-bond donors (Lipinski definition) is 2. The van der Waals surface area contributed by atoms with Gasteiger partial charge in [0.05, 0.1) is 14.2 Å². The Balaban J connectivity index is 1.82. The van der Waals surface area contributed by atoms with Crippen LogP contribution in [0.2, 0.25) is 0 Å². The topological polar surface area (TPSA) is 76.7 Å². The molecule has 0 saturated heterocycles. The van der Waals surface area contributed by atoms with Gasteiger partial charge in [-0.15, -0.1) is 0 Å². The summed E-state index contributed by atoms with van der Waals surface area (Å²) in [6.45, 7) is 0.476. The zero-order valence-corrected chi connectivity index (χ0v) is 14.2. The van der Waals surface area contributed by atoms with Crippen LogP contribution in [0.1, 0.15) is 32.1 Å². The van der Waals surface area contributed by atoms with E-state index in [0.29, 0.717) is 23.7 Å². The minimum absolute atomic E-state index is 0.475. The number of nitrogens with one attached hydrogen (secondary N) is 2. The fraction of sp³-hybridized carbons (Fsp3) is 0.444. The van der Waals surface area contributed by atoms with E-state index in [1.165, 1.54) is 32.6 Å². The highest BCUT2D eigenvalue weighted by Crippen LogP contribution is 2.29. The fourth-order valence-corrected chi connectivity index (χ4v) is 2.65. The first kappa shape index (κ1) is 17.8. The second-order valence-corrected chi connectivity index (χ2v) is 5.64. The van der Waals surface area contributed by atoms with E-state index in [4.69, 9.17) is 9.47 Å². The van der Waals surface area contributed by atoms with Gasteiger partial charge >= 0.3 is 11.8 Å². The summed E-state index contributed by atoms with van der Waals surface area (Å²) in [5.74, 6) is -0.290. The Morgan fingerprint density at radius 1 is 1.08 bits per heavy atom. The van der Waals surface area contributed by atoms with Crippen molar-refractivity contribution in [2.45, 2.75) is 32.1 Å². The minimum atomic E-state index is -0.695. The number of carbonyl (C=O) groups excluding carboxylic acids is 2. The Kier molecular flexibility index (Phi) is 6.66. The van der Waals surface area contributed by atoms with E-state index in [9.17, 15) is 9.59 Å². The lowest BCUT2D eigenvalue weighted by Gasteiger charge is -2.13. The van der Waals surface area contributed by atoms with Crippen LogP contribution in [-0.2, 0) is 9.59 Å². The Labute approximate surface area is 142 Å². The van der Waals surface area contributed by atoms with E-state index >= 15 is 0 Å². The van der Waals surface area contributed by atoms with E-state index in [-0.39, 0.29) is 0 Å². The fourth-order valence-electron chi connectivity index (χ4n) is 2.65. The molecule has 24 heavy (non-hydrogen) atoms. The quantitative estimate of drug-likeness (QED) is 0.620. The van der Waals surface area contributed by atoms with E-state index < -0.39 is 11.8 Å². The summed E-state index contributed by atoms with van der Waals surface area (Å²) in [5.41, 5.74) is 1.84. The van der Waals surface area contributed by atoms with E-state index in [2.05, 4.69) is 16.7 Å². The van der Waals surface area contributed by atoms with E-state index in [1.54, 1.807) is 18.2 Å². The summed E-state index contributed by atoms with van der Waals surface area (Å²) in [6, 6.07) is 4.93. The molecule has 130 valence electrons. The summed E-state index contributed by atoms with van der Waals surface area (Å²) < 4.78 is 10.3. The third-order valence-corrected chi connectivity index (χ3v) is 3.96. The first-order valence-electron chi connectivity index (χ1n) is 8.13. The van der Waals surface area contributed by atoms with Gasteiger partial charge in [0, 0.05) is 18.3 Å². The average molecular weight is 332 g/mol. The summed E-state index contributed by atoms with van der Waals surface area (Å²) in [5, 5.41) is 5.21. The highest BCUT2D eigenvalue weighted by atomic mass is 16.5. The second-order valence-electron chi connectivity index (χ2n) is 5.64. The molecule has 1 aromatic carbocycles. The van der Waals surface area contributed by atoms with Crippen molar-refractivity contribution in [3.8, 4) is 11.5 Å². The number of methoxy groups -OCH3 is 2. The Hall–Kier alpha value is -2.50. The smallest absolute Gasteiger partial charge is 0.313 e. The molecule has 0 unspecified atom stereocenters. The molecule has 0 aliphatic heterocycles. The van der Waals surface area contributed by atoms with Crippen LogP contribution in [0.4, 0.5) is 5.69 Å². The SMILES string of the molecule is COc1ccc(NC(=O)C(=O)NCCC2=CCCCC2)cc1OC. The molecule has 1 aromatic rings. The largest absolute Gasteiger partial charge is 0.493 e. The Morgan fingerprint density at radius 2 is 1.88 bits per heavy atom. The first-order chi connectivity index (χ1) is 11.6. The van der Waals surface area contributed by atoms with E-state index in [1.807, 2.05) is 0 Å². The number of anilines is 1. The van der Waals surface area contributed by atoms with Gasteiger partial charge in [-0.25, -0.2) is 0 Å². The van der Waals surface area contributed by atoms with Gasteiger partial charge in [0.1, 0.15) is 0 Å². The average Bonchev–Trinajstić information content (AvgIpc) is 2.62. The molecule has 0 radical (unpaired) electrons. The molecule has 0 spiro atoms. The Morgan fingerprint density at radius 3 is 2.54 bits per heavy atom. The van der Waals surface area contributed by atoms with Gasteiger partial charge in [-0.05, 0) is 44.2 Å². The summed E-state index contributed by atoms with van der Waals surface area (Å²) in [6.07, 6.45) is 7.69. The van der Waals surface area contributed by atoms with Crippen molar-refractivity contribution in [2.75, 3.05) is 26.1 Å². The monoisotopic (exact) mass is 332 g/mol. The lowest BCUT2D eigenvalue weighted by molar-refractivity contribution is -0.136. The van der Waals surface area contributed by atoms with Crippen LogP contribution in [-0.4, -0.2) is 32.6 Å². The van der Waals surface area contributed by atoms with Gasteiger partial charge in [-0.1, -0.05) is 11.6 Å². The van der Waals surface area contributed by atoms with Crippen molar-refractivity contribution in [1.82, 2.24) is 5.32 Å². The zero-order chi connectivity index (χ0) is 17.4. The van der Waals surface area contributed by atoms with Gasteiger partial charge < -0.3 is 20.1 Å². The number of hydrogen-bond acceptors (Lipinski definition) is 4. The maximum Gasteiger partial charge on any atom is 0.313 e. The predicted molar refractivity (Wildman–Crippen MR) is 92.4 cm³/mol. The summed E-state index contributed by atoms with van der Waals surface area (Å²) in [4.78, 5) is 23.8. The lowest BCUT2D eigenvalue weighted by atomic mass is 9.97. The van der Waals surface area contributed by atoms with E-state index in [0.717, 1.165) is 19.3 Å². The van der Waals surface area contributed by atoms with Crippen LogP contribution in [0.5, 0.6) is 11.5 Å². The number of ether oxygens (including phenoxy) is 2. The molecule has 2 amide bonds. The molecule has 0 aromatic heterocycles. The van der Waals surface area contributed by atoms with Gasteiger partial charge in [-0.3, -0.25) is 9.59 Å². The van der Waals surface area contributed by atoms with Crippen LogP contribution in [0.25, 0.3) is 0 Å². The Bertz CT molecular complexity index is 625. The summed E-state index contributed by atoms with van der Waals surface area (Å²) in [7, 11) is 3.04. The van der Waals surface area contributed by atoms with Crippen LogP contribution >= 0.6 is 0 Å². The second kappa shape index (κ2) is 8.96. The molecule has 2 rings (SSSR count). The number of allylic oxidation sites excluding steroid dienone is 1. The third-order valence-electron chi connectivity index (χ3n) is 3.96. The molecule has 1 aliphatic carbocycles. The molecule has 0 fully saturated rings.